The van der Waals surface area contributed by atoms with Crippen LogP contribution in [0, 0.1) is 5.92 Å². The van der Waals surface area contributed by atoms with E-state index < -0.39 is 0 Å². The van der Waals surface area contributed by atoms with Gasteiger partial charge in [-0.25, -0.2) is 0 Å². The lowest BCUT2D eigenvalue weighted by Gasteiger charge is -2.02. The van der Waals surface area contributed by atoms with Gasteiger partial charge in [0.2, 0.25) is 0 Å². The van der Waals surface area contributed by atoms with Crippen LogP contribution in [0.5, 0.6) is 0 Å². The monoisotopic (exact) mass is 145 g/mol. The second-order valence-electron chi connectivity index (χ2n) is 3.67. The first-order valence-electron chi connectivity index (χ1n) is 4.21. The predicted molar refractivity (Wildman–Crippen MR) is 44.4 cm³/mol. The third-order valence-electron chi connectivity index (χ3n) is 3.10. The van der Waals surface area contributed by atoms with Gasteiger partial charge in [0.05, 0.1) is 0 Å². The fraction of sp³-hybridized carbons (Fsp3) is 0.400. The Morgan fingerprint density at radius 3 is 3.00 bits per heavy atom. The second kappa shape index (κ2) is 1.67. The molecule has 3 rings (SSSR count). The first-order chi connectivity index (χ1) is 5.38. The largest absolute Gasteiger partial charge is 0.327 e. The number of nitrogens with two attached hydrogens (primary N) is 1. The summed E-state index contributed by atoms with van der Waals surface area (Å²) in [6.45, 7) is 0. The first kappa shape index (κ1) is 5.78. The fourth-order valence-corrected chi connectivity index (χ4v) is 2.40. The molecule has 0 amide bonds. The lowest BCUT2D eigenvalue weighted by molar-refractivity contribution is 0.801. The van der Waals surface area contributed by atoms with E-state index in [0.717, 1.165) is 5.92 Å². The molecule has 1 nitrogen and oxygen atoms in total. The Hall–Kier alpha value is -0.820. The van der Waals surface area contributed by atoms with E-state index in [1.54, 1.807) is 0 Å². The zero-order valence-electron chi connectivity index (χ0n) is 6.33. The van der Waals surface area contributed by atoms with Gasteiger partial charge in [-0.2, -0.15) is 0 Å². The summed E-state index contributed by atoms with van der Waals surface area (Å²) in [5, 5.41) is 0. The summed E-state index contributed by atoms with van der Waals surface area (Å²) in [6.07, 6.45) is 1.22. The molecule has 1 heteroatoms. The van der Waals surface area contributed by atoms with Crippen molar-refractivity contribution < 1.29 is 0 Å². The molecule has 11 heavy (non-hydrogen) atoms. The van der Waals surface area contributed by atoms with E-state index in [0.29, 0.717) is 12.0 Å². The topological polar surface area (TPSA) is 26.0 Å². The van der Waals surface area contributed by atoms with E-state index in [4.69, 9.17) is 5.73 Å². The summed E-state index contributed by atoms with van der Waals surface area (Å²) in [6, 6.07) is 9.17. The third kappa shape index (κ3) is 0.596. The van der Waals surface area contributed by atoms with Crippen LogP contribution >= 0.6 is 0 Å². The van der Waals surface area contributed by atoms with Crippen molar-refractivity contribution in [3.63, 3.8) is 0 Å². The molecule has 3 atom stereocenters. The number of rotatable bonds is 0. The van der Waals surface area contributed by atoms with Gasteiger partial charge >= 0.3 is 0 Å². The molecular weight excluding hydrogens is 134 g/mol. The molecule has 0 saturated heterocycles. The molecule has 0 bridgehead atoms. The SMILES string of the molecule is N[C@H]1[C@@H]2Cc3ccccc3[C@H]12. The molecule has 1 aromatic carbocycles. The van der Waals surface area contributed by atoms with E-state index in [1.165, 1.54) is 17.5 Å². The minimum absolute atomic E-state index is 0.477. The van der Waals surface area contributed by atoms with Crippen LogP contribution in [-0.4, -0.2) is 6.04 Å². The van der Waals surface area contributed by atoms with Crippen molar-refractivity contribution >= 4 is 0 Å². The van der Waals surface area contributed by atoms with Crippen molar-refractivity contribution in [3.05, 3.63) is 35.4 Å². The maximum Gasteiger partial charge on any atom is 0.0149 e. The standard InChI is InChI=1S/C10H11N/c11-10-8-5-6-3-1-2-4-7(6)9(8)10/h1-4,8-10H,5,11H2/t8-,9+,10+/m1/s1. The molecule has 1 aromatic rings. The molecule has 2 aliphatic carbocycles. The molecule has 2 N–H and O–H groups in total. The Bertz CT molecular complexity index is 305. The molecular formula is C10H11N. The van der Waals surface area contributed by atoms with Crippen molar-refractivity contribution in [2.75, 3.05) is 0 Å². The quantitative estimate of drug-likeness (QED) is 0.584. The second-order valence-corrected chi connectivity index (χ2v) is 3.67. The van der Waals surface area contributed by atoms with Gasteiger partial charge in [-0.3, -0.25) is 0 Å². The van der Waals surface area contributed by atoms with Crippen LogP contribution in [0.2, 0.25) is 0 Å². The van der Waals surface area contributed by atoms with Crippen molar-refractivity contribution in [2.24, 2.45) is 11.7 Å². The van der Waals surface area contributed by atoms with Crippen LogP contribution in [0.4, 0.5) is 0 Å². The lowest BCUT2D eigenvalue weighted by atomic mass is 10.1. The van der Waals surface area contributed by atoms with E-state index in [2.05, 4.69) is 24.3 Å². The van der Waals surface area contributed by atoms with E-state index in [-0.39, 0.29) is 0 Å². The zero-order chi connectivity index (χ0) is 7.42. The Balaban J connectivity index is 2.13. The number of fused-ring (bicyclic) bond motifs is 3. The normalized spacial score (nSPS) is 38.1. The van der Waals surface area contributed by atoms with Crippen LogP contribution in [-0.2, 0) is 6.42 Å². The van der Waals surface area contributed by atoms with Gasteiger partial charge in [0, 0.05) is 12.0 Å². The van der Waals surface area contributed by atoms with Crippen LogP contribution in [0.3, 0.4) is 0 Å². The Labute approximate surface area is 66.2 Å². The highest BCUT2D eigenvalue weighted by atomic mass is 14.8. The van der Waals surface area contributed by atoms with Crippen molar-refractivity contribution in [1.29, 1.82) is 0 Å². The molecule has 1 saturated carbocycles. The summed E-state index contributed by atoms with van der Waals surface area (Å²) < 4.78 is 0. The molecule has 0 spiro atoms. The van der Waals surface area contributed by atoms with Gasteiger partial charge in [0.1, 0.15) is 0 Å². The maximum atomic E-state index is 5.89. The smallest absolute Gasteiger partial charge is 0.0149 e. The minimum atomic E-state index is 0.477. The predicted octanol–water partition coefficient (Wildman–Crippen LogP) is 1.28. The van der Waals surface area contributed by atoms with E-state index in [1.807, 2.05) is 0 Å². The Kier molecular flexibility index (Phi) is 0.878. The summed E-state index contributed by atoms with van der Waals surface area (Å²) in [4.78, 5) is 0. The van der Waals surface area contributed by atoms with E-state index in [9.17, 15) is 0 Å². The van der Waals surface area contributed by atoms with Gasteiger partial charge in [-0.1, -0.05) is 24.3 Å². The van der Waals surface area contributed by atoms with Crippen LogP contribution < -0.4 is 5.73 Å². The van der Waals surface area contributed by atoms with Crippen molar-refractivity contribution in [1.82, 2.24) is 0 Å². The molecule has 2 aliphatic rings. The molecule has 1 fully saturated rings. The molecule has 0 aromatic heterocycles. The summed E-state index contributed by atoms with van der Waals surface area (Å²) in [7, 11) is 0. The van der Waals surface area contributed by atoms with Gasteiger partial charge in [-0.15, -0.1) is 0 Å². The third-order valence-corrected chi connectivity index (χ3v) is 3.10. The summed E-state index contributed by atoms with van der Waals surface area (Å²) in [5.41, 5.74) is 8.94. The van der Waals surface area contributed by atoms with Crippen molar-refractivity contribution in [2.45, 2.75) is 18.4 Å². The summed E-state index contributed by atoms with van der Waals surface area (Å²) >= 11 is 0. The van der Waals surface area contributed by atoms with E-state index >= 15 is 0 Å². The highest BCUT2D eigenvalue weighted by Crippen LogP contribution is 2.54. The molecule has 0 radical (unpaired) electrons. The number of benzene rings is 1. The Morgan fingerprint density at radius 1 is 1.27 bits per heavy atom. The lowest BCUT2D eigenvalue weighted by Crippen LogP contribution is -2.08. The highest BCUT2D eigenvalue weighted by molar-refractivity contribution is 5.44. The van der Waals surface area contributed by atoms with Crippen LogP contribution in [0.1, 0.15) is 17.0 Å². The molecule has 0 unspecified atom stereocenters. The Morgan fingerprint density at radius 2 is 2.09 bits per heavy atom. The average Bonchev–Trinajstić information content (AvgIpc) is 2.55. The summed E-state index contributed by atoms with van der Waals surface area (Å²) in [5.74, 6) is 1.50. The van der Waals surface area contributed by atoms with Crippen LogP contribution in [0.15, 0.2) is 24.3 Å². The van der Waals surface area contributed by atoms with Gasteiger partial charge in [0.15, 0.2) is 0 Å². The van der Waals surface area contributed by atoms with Crippen LogP contribution in [0.25, 0.3) is 0 Å². The highest BCUT2D eigenvalue weighted by Gasteiger charge is 2.53. The fourth-order valence-electron chi connectivity index (χ4n) is 2.40. The van der Waals surface area contributed by atoms with Gasteiger partial charge < -0.3 is 5.73 Å². The van der Waals surface area contributed by atoms with Gasteiger partial charge in [0.25, 0.3) is 0 Å². The minimum Gasteiger partial charge on any atom is -0.327 e. The molecule has 0 heterocycles. The zero-order valence-corrected chi connectivity index (χ0v) is 6.33. The van der Waals surface area contributed by atoms with Crippen molar-refractivity contribution in [3.8, 4) is 0 Å². The van der Waals surface area contributed by atoms with Gasteiger partial charge in [-0.05, 0) is 23.5 Å². The average molecular weight is 145 g/mol. The number of hydrogen-bond donors (Lipinski definition) is 1. The molecule has 0 aliphatic heterocycles. The molecule has 56 valence electrons. The maximum absolute atomic E-state index is 5.89. The number of hydrogen-bond acceptors (Lipinski definition) is 1. The first-order valence-corrected chi connectivity index (χ1v) is 4.21.